The minimum absolute atomic E-state index is 0.0243. The summed E-state index contributed by atoms with van der Waals surface area (Å²) in [6, 6.07) is 0. The molecule has 5 atom stereocenters. The minimum Gasteiger partial charge on any atom is -0.458 e. The SMILES string of the molecule is C=C1C(=O)O[C@@H]2/C=C(/C)C(OC(C)=O)C[C@@H](OO)C(=C)CC(OC(=O)/C(=C/CO)CO)[C@@H]12. The molecule has 0 aromatic carbocycles. The molecule has 1 heterocycles. The highest BCUT2D eigenvalue weighted by Crippen LogP contribution is 2.38. The van der Waals surface area contributed by atoms with Crippen LogP contribution in [0.25, 0.3) is 0 Å². The Hall–Kier alpha value is -2.79. The lowest BCUT2D eigenvalue weighted by Crippen LogP contribution is -2.37. The highest BCUT2D eigenvalue weighted by atomic mass is 17.1. The summed E-state index contributed by atoms with van der Waals surface area (Å²) in [6.07, 6.45) is -0.993. The molecule has 0 saturated carbocycles. The van der Waals surface area contributed by atoms with Crippen LogP contribution in [0.15, 0.2) is 47.6 Å². The van der Waals surface area contributed by atoms with E-state index in [1.165, 1.54) is 6.92 Å². The number of rotatable bonds is 6. The summed E-state index contributed by atoms with van der Waals surface area (Å²) in [6.45, 7) is 9.42. The zero-order chi connectivity index (χ0) is 24.0. The second-order valence-electron chi connectivity index (χ2n) is 7.64. The first kappa shape index (κ1) is 25.5. The zero-order valence-corrected chi connectivity index (χ0v) is 18.0. The van der Waals surface area contributed by atoms with Crippen LogP contribution >= 0.6 is 0 Å². The van der Waals surface area contributed by atoms with E-state index >= 15 is 0 Å². The lowest BCUT2D eigenvalue weighted by molar-refractivity contribution is -0.273. The van der Waals surface area contributed by atoms with Gasteiger partial charge in [0, 0.05) is 25.3 Å². The smallest absolute Gasteiger partial charge is 0.336 e. The van der Waals surface area contributed by atoms with E-state index in [-0.39, 0.29) is 24.0 Å². The predicted octanol–water partition coefficient (Wildman–Crippen LogP) is 0.993. The standard InChI is InChI=1S/C22H28O10/c1-11-7-18-20(13(3)21(26)30-18)19(31-22(27)15(10-24)5-6-23)8-12(2)17(32-28)9-16(11)29-14(4)25/h5,7,16-20,23-24,28H,2-3,6,8-10H2,1,4H3/b11-7-,15-5+/t16?,17-,18-,19?,20+/m1/s1. The molecule has 2 unspecified atom stereocenters. The molecular weight excluding hydrogens is 424 g/mol. The first-order chi connectivity index (χ1) is 15.1. The van der Waals surface area contributed by atoms with Crippen molar-refractivity contribution in [3.63, 3.8) is 0 Å². The number of esters is 3. The Balaban J connectivity index is 2.50. The number of carbonyl (C=O) groups is 3. The number of hydrogen-bond acceptors (Lipinski definition) is 10. The molecule has 0 amide bonds. The predicted molar refractivity (Wildman–Crippen MR) is 110 cm³/mol. The molecule has 0 aromatic heterocycles. The Labute approximate surface area is 185 Å². The number of aliphatic hydroxyl groups excluding tert-OH is 2. The quantitative estimate of drug-likeness (QED) is 0.133. The average molecular weight is 452 g/mol. The number of fused-ring (bicyclic) bond motifs is 1. The van der Waals surface area contributed by atoms with Crippen molar-refractivity contribution in [2.24, 2.45) is 5.92 Å². The molecule has 1 fully saturated rings. The van der Waals surface area contributed by atoms with Crippen LogP contribution in [-0.2, 0) is 33.5 Å². The van der Waals surface area contributed by atoms with E-state index in [4.69, 9.17) is 19.3 Å². The van der Waals surface area contributed by atoms with Gasteiger partial charge >= 0.3 is 17.9 Å². The summed E-state index contributed by atoms with van der Waals surface area (Å²) in [5, 5.41) is 27.9. The maximum absolute atomic E-state index is 12.6. The Morgan fingerprint density at radius 2 is 1.94 bits per heavy atom. The molecule has 10 nitrogen and oxygen atoms in total. The van der Waals surface area contributed by atoms with Crippen molar-refractivity contribution >= 4 is 17.9 Å². The summed E-state index contributed by atoms with van der Waals surface area (Å²) in [4.78, 5) is 40.9. The second kappa shape index (κ2) is 11.2. The van der Waals surface area contributed by atoms with Crippen LogP contribution in [0.5, 0.6) is 0 Å². The maximum Gasteiger partial charge on any atom is 0.336 e. The molecule has 1 aliphatic carbocycles. The molecule has 1 saturated heterocycles. The highest BCUT2D eigenvalue weighted by molar-refractivity contribution is 5.92. The summed E-state index contributed by atoms with van der Waals surface area (Å²) < 4.78 is 16.3. The fraction of sp³-hybridized carbons (Fsp3) is 0.500. The third-order valence-electron chi connectivity index (χ3n) is 5.41. The fourth-order valence-electron chi connectivity index (χ4n) is 3.72. The van der Waals surface area contributed by atoms with Crippen LogP contribution in [0.4, 0.5) is 0 Å². The molecule has 2 rings (SSSR count). The van der Waals surface area contributed by atoms with E-state index in [1.54, 1.807) is 13.0 Å². The summed E-state index contributed by atoms with van der Waals surface area (Å²) in [7, 11) is 0. The molecule has 10 heteroatoms. The van der Waals surface area contributed by atoms with Gasteiger partial charge in [0.1, 0.15) is 24.4 Å². The van der Waals surface area contributed by atoms with Crippen LogP contribution in [0.1, 0.15) is 26.7 Å². The Bertz CT molecular complexity index is 840. The van der Waals surface area contributed by atoms with Gasteiger partial charge in [0.25, 0.3) is 0 Å². The molecule has 1 aliphatic heterocycles. The van der Waals surface area contributed by atoms with Crippen LogP contribution in [0.2, 0.25) is 0 Å². The van der Waals surface area contributed by atoms with Gasteiger partial charge in [-0.15, -0.1) is 0 Å². The first-order valence-corrected chi connectivity index (χ1v) is 9.97. The van der Waals surface area contributed by atoms with Crippen LogP contribution in [-0.4, -0.2) is 71.0 Å². The lowest BCUT2D eigenvalue weighted by atomic mass is 9.83. The van der Waals surface area contributed by atoms with E-state index in [0.717, 1.165) is 6.08 Å². The zero-order valence-electron chi connectivity index (χ0n) is 18.0. The monoisotopic (exact) mass is 452 g/mol. The molecule has 0 spiro atoms. The number of carbonyl (C=O) groups excluding carboxylic acids is 3. The van der Waals surface area contributed by atoms with Crippen molar-refractivity contribution < 1.29 is 49.0 Å². The van der Waals surface area contributed by atoms with E-state index in [0.29, 0.717) is 11.1 Å². The lowest BCUT2D eigenvalue weighted by Gasteiger charge is -2.31. The van der Waals surface area contributed by atoms with E-state index in [2.05, 4.69) is 18.0 Å². The Morgan fingerprint density at radius 3 is 2.50 bits per heavy atom. The van der Waals surface area contributed by atoms with Crippen molar-refractivity contribution in [3.8, 4) is 0 Å². The molecule has 0 aromatic rings. The molecule has 32 heavy (non-hydrogen) atoms. The van der Waals surface area contributed by atoms with E-state index in [1.807, 2.05) is 0 Å². The van der Waals surface area contributed by atoms with Gasteiger partial charge in [-0.1, -0.05) is 13.2 Å². The molecule has 0 bridgehead atoms. The number of hydrogen-bond donors (Lipinski definition) is 3. The Kier molecular flexibility index (Phi) is 8.90. The normalized spacial score (nSPS) is 30.7. The van der Waals surface area contributed by atoms with Gasteiger partial charge < -0.3 is 24.4 Å². The molecule has 0 radical (unpaired) electrons. The number of ether oxygens (including phenoxy) is 3. The average Bonchev–Trinajstić information content (AvgIpc) is 3.00. The molecule has 2 aliphatic rings. The van der Waals surface area contributed by atoms with Gasteiger partial charge in [0.2, 0.25) is 0 Å². The fourth-order valence-corrected chi connectivity index (χ4v) is 3.72. The second-order valence-corrected chi connectivity index (χ2v) is 7.64. The third kappa shape index (κ3) is 5.92. The van der Waals surface area contributed by atoms with Gasteiger partial charge in [-0.3, -0.25) is 10.1 Å². The minimum atomic E-state index is -1.01. The highest BCUT2D eigenvalue weighted by Gasteiger charge is 2.46. The largest absolute Gasteiger partial charge is 0.458 e. The maximum atomic E-state index is 12.6. The van der Waals surface area contributed by atoms with Gasteiger partial charge in [-0.05, 0) is 30.2 Å². The summed E-state index contributed by atoms with van der Waals surface area (Å²) >= 11 is 0. The van der Waals surface area contributed by atoms with Crippen LogP contribution in [0.3, 0.4) is 0 Å². The van der Waals surface area contributed by atoms with Gasteiger partial charge in [-0.2, -0.15) is 0 Å². The van der Waals surface area contributed by atoms with Gasteiger partial charge in [-0.25, -0.2) is 14.5 Å². The van der Waals surface area contributed by atoms with Crippen molar-refractivity contribution in [3.05, 3.63) is 47.6 Å². The molecule has 3 N–H and O–H groups in total. The van der Waals surface area contributed by atoms with Crippen molar-refractivity contribution in [2.45, 2.75) is 51.1 Å². The van der Waals surface area contributed by atoms with Crippen molar-refractivity contribution in [2.75, 3.05) is 13.2 Å². The van der Waals surface area contributed by atoms with Crippen LogP contribution in [0, 0.1) is 5.92 Å². The Morgan fingerprint density at radius 1 is 1.25 bits per heavy atom. The van der Waals surface area contributed by atoms with Crippen molar-refractivity contribution in [1.29, 1.82) is 0 Å². The first-order valence-electron chi connectivity index (χ1n) is 9.97. The summed E-state index contributed by atoms with van der Waals surface area (Å²) in [5.41, 5.74) is 0.724. The van der Waals surface area contributed by atoms with E-state index in [9.17, 15) is 24.7 Å². The van der Waals surface area contributed by atoms with Crippen LogP contribution < -0.4 is 0 Å². The number of aliphatic hydroxyl groups is 2. The topological polar surface area (TPSA) is 149 Å². The summed E-state index contributed by atoms with van der Waals surface area (Å²) in [5.74, 6) is -2.95. The van der Waals surface area contributed by atoms with Gasteiger partial charge in [0.15, 0.2) is 0 Å². The van der Waals surface area contributed by atoms with Gasteiger partial charge in [0.05, 0.1) is 24.7 Å². The molecular formula is C22H28O10. The van der Waals surface area contributed by atoms with Crippen molar-refractivity contribution in [1.82, 2.24) is 0 Å². The van der Waals surface area contributed by atoms with E-state index < -0.39 is 61.5 Å². The third-order valence-corrected chi connectivity index (χ3v) is 5.41. The molecule has 176 valence electrons.